The molecule has 33 heavy (non-hydrogen) atoms. The maximum absolute atomic E-state index is 13.2. The van der Waals surface area contributed by atoms with E-state index < -0.39 is 28.2 Å². The second-order valence-electron chi connectivity index (χ2n) is 8.40. The molecule has 9 nitrogen and oxygen atoms in total. The van der Waals surface area contributed by atoms with Crippen LogP contribution in [0.15, 0.2) is 47.4 Å². The lowest BCUT2D eigenvalue weighted by Gasteiger charge is -2.42. The van der Waals surface area contributed by atoms with Crippen LogP contribution in [0.2, 0.25) is 0 Å². The van der Waals surface area contributed by atoms with Crippen molar-refractivity contribution in [3.63, 3.8) is 0 Å². The predicted molar refractivity (Wildman–Crippen MR) is 120 cm³/mol. The summed E-state index contributed by atoms with van der Waals surface area (Å²) in [6.45, 7) is 2.02. The number of nitrogens with one attached hydrogen (secondary N) is 1. The number of benzene rings is 2. The number of carbonyl (C=O) groups is 2. The molecule has 176 valence electrons. The van der Waals surface area contributed by atoms with Crippen molar-refractivity contribution in [2.75, 3.05) is 18.4 Å². The molecule has 0 spiro atoms. The van der Waals surface area contributed by atoms with Crippen LogP contribution >= 0.6 is 0 Å². The zero-order valence-electron chi connectivity index (χ0n) is 18.4. The maximum atomic E-state index is 13.2. The molecule has 0 bridgehead atoms. The zero-order valence-corrected chi connectivity index (χ0v) is 19.2. The number of ether oxygens (including phenoxy) is 2. The average Bonchev–Trinajstić information content (AvgIpc) is 2.76. The highest BCUT2D eigenvalue weighted by Gasteiger charge is 2.39. The predicted octanol–water partition coefficient (Wildman–Crippen LogP) is 2.65. The number of amides is 1. The average molecular weight is 475 g/mol. The first kappa shape index (κ1) is 23.1. The Morgan fingerprint density at radius 1 is 1.18 bits per heavy atom. The van der Waals surface area contributed by atoms with Gasteiger partial charge in [-0.3, -0.25) is 14.3 Å². The van der Waals surface area contributed by atoms with Crippen LogP contribution in [0, 0.1) is 6.92 Å². The molecule has 1 amide bonds. The van der Waals surface area contributed by atoms with E-state index in [1.54, 1.807) is 30.1 Å². The van der Waals surface area contributed by atoms with Crippen molar-refractivity contribution in [2.24, 2.45) is 0 Å². The number of hydrogen-bond acceptors (Lipinski definition) is 6. The van der Waals surface area contributed by atoms with E-state index in [0.29, 0.717) is 18.6 Å². The van der Waals surface area contributed by atoms with Crippen LogP contribution < -0.4 is 9.46 Å². The fraction of sp³-hybridized carbons (Fsp3) is 0.391. The Kier molecular flexibility index (Phi) is 6.31. The van der Waals surface area contributed by atoms with Gasteiger partial charge in [0.1, 0.15) is 18.5 Å². The minimum absolute atomic E-state index is 0.0953. The van der Waals surface area contributed by atoms with Crippen molar-refractivity contribution in [3.05, 3.63) is 53.6 Å². The van der Waals surface area contributed by atoms with E-state index in [1.807, 2.05) is 6.92 Å². The first-order valence-electron chi connectivity index (χ1n) is 10.6. The number of carbonyl (C=O) groups excluding carboxylic acids is 1. The Balaban J connectivity index is 1.57. The first-order chi connectivity index (χ1) is 15.6. The van der Waals surface area contributed by atoms with Crippen LogP contribution in [0.25, 0.3) is 0 Å². The minimum atomic E-state index is -3.82. The molecule has 0 unspecified atom stereocenters. The van der Waals surface area contributed by atoms with Crippen molar-refractivity contribution in [2.45, 2.75) is 49.3 Å². The molecule has 4 rings (SSSR count). The van der Waals surface area contributed by atoms with Crippen molar-refractivity contribution < 1.29 is 32.6 Å². The normalized spacial score (nSPS) is 22.9. The molecule has 0 aliphatic carbocycles. The van der Waals surface area contributed by atoms with E-state index in [9.17, 15) is 18.0 Å². The molecular formula is C23H26N2O7S. The van der Waals surface area contributed by atoms with Gasteiger partial charge in [-0.2, -0.15) is 0 Å². The number of likely N-dealkylation sites (N-methyl/N-ethyl adjacent to an activating group) is 1. The number of carboxylic acids is 1. The topological polar surface area (TPSA) is 122 Å². The van der Waals surface area contributed by atoms with E-state index in [0.717, 1.165) is 5.56 Å². The van der Waals surface area contributed by atoms with E-state index in [1.165, 1.54) is 24.3 Å². The van der Waals surface area contributed by atoms with E-state index in [-0.39, 0.29) is 41.1 Å². The fourth-order valence-corrected chi connectivity index (χ4v) is 5.27. The van der Waals surface area contributed by atoms with Crippen LogP contribution in [-0.4, -0.2) is 62.2 Å². The molecule has 1 saturated heterocycles. The van der Waals surface area contributed by atoms with Crippen LogP contribution in [0.3, 0.4) is 0 Å². The Hall–Kier alpha value is -3.11. The van der Waals surface area contributed by atoms with Gasteiger partial charge in [-0.1, -0.05) is 17.7 Å². The quantitative estimate of drug-likeness (QED) is 0.683. The molecule has 2 aromatic rings. The molecule has 3 atom stereocenters. The van der Waals surface area contributed by atoms with E-state index >= 15 is 0 Å². The highest BCUT2D eigenvalue weighted by molar-refractivity contribution is 7.92. The van der Waals surface area contributed by atoms with Gasteiger partial charge in [-0.15, -0.1) is 0 Å². The van der Waals surface area contributed by atoms with Gasteiger partial charge in [0.25, 0.3) is 15.9 Å². The number of hydrogen-bond donors (Lipinski definition) is 2. The molecule has 2 N–H and O–H groups in total. The van der Waals surface area contributed by atoms with Gasteiger partial charge in [0.05, 0.1) is 29.0 Å². The fourth-order valence-electron chi connectivity index (χ4n) is 4.22. The Bertz CT molecular complexity index is 1160. The van der Waals surface area contributed by atoms with Crippen LogP contribution in [-0.2, 0) is 19.6 Å². The van der Waals surface area contributed by atoms with E-state index in [2.05, 4.69) is 4.72 Å². The lowest BCUT2D eigenvalue weighted by Crippen LogP contribution is -2.53. The van der Waals surface area contributed by atoms with Gasteiger partial charge in [0, 0.05) is 12.7 Å². The van der Waals surface area contributed by atoms with Gasteiger partial charge in [-0.05, 0) is 50.1 Å². The summed E-state index contributed by atoms with van der Waals surface area (Å²) in [6, 6.07) is 10.7. The molecule has 0 radical (unpaired) electrons. The number of carboxylic acid groups (broad SMARTS) is 1. The SMILES string of the molecule is Cc1ccc(S(=O)(=O)Nc2ccc3c(c2)C(=O)N(C)[C@H]2CC[C@@H](CC(=O)O)O[C@H]2CO3)cc1. The molecule has 10 heteroatoms. The van der Waals surface area contributed by atoms with Gasteiger partial charge in [0.15, 0.2) is 0 Å². The summed E-state index contributed by atoms with van der Waals surface area (Å²) in [5.74, 6) is -0.940. The standard InChI is InChI=1S/C23H26N2O7S/c1-14-3-7-17(8-4-14)33(29,30)24-15-5-10-20-18(11-15)23(28)25(2)19-9-6-16(12-22(26)27)32-21(19)13-31-20/h3-5,7-8,10-11,16,19,21,24H,6,9,12-13H2,1-2H3,(H,26,27)/t16-,19-,21-/m0/s1. The number of aryl methyl sites for hydroxylation is 1. The highest BCUT2D eigenvalue weighted by atomic mass is 32.2. The summed E-state index contributed by atoms with van der Waals surface area (Å²) in [4.78, 5) is 26.0. The van der Waals surface area contributed by atoms with Gasteiger partial charge in [0.2, 0.25) is 0 Å². The Labute approximate surface area is 192 Å². The summed E-state index contributed by atoms with van der Waals surface area (Å²) in [5.41, 5.74) is 1.44. The smallest absolute Gasteiger partial charge is 0.305 e. The molecule has 0 saturated carbocycles. The number of anilines is 1. The second-order valence-corrected chi connectivity index (χ2v) is 10.1. The minimum Gasteiger partial charge on any atom is -0.490 e. The molecule has 1 fully saturated rings. The van der Waals surface area contributed by atoms with Crippen LogP contribution in [0.1, 0.15) is 35.2 Å². The summed E-state index contributed by atoms with van der Waals surface area (Å²) in [5, 5.41) is 9.05. The molecule has 2 aliphatic rings. The summed E-state index contributed by atoms with van der Waals surface area (Å²) >= 11 is 0. The number of nitrogens with zero attached hydrogens (tertiary/aromatic N) is 1. The van der Waals surface area contributed by atoms with Crippen molar-refractivity contribution >= 4 is 27.6 Å². The number of aliphatic carboxylic acids is 1. The maximum Gasteiger partial charge on any atom is 0.305 e. The van der Waals surface area contributed by atoms with Crippen molar-refractivity contribution in [3.8, 4) is 5.75 Å². The summed E-state index contributed by atoms with van der Waals surface area (Å²) in [6.07, 6.45) is 0.137. The lowest BCUT2D eigenvalue weighted by atomic mass is 9.95. The monoisotopic (exact) mass is 474 g/mol. The molecule has 2 heterocycles. The largest absolute Gasteiger partial charge is 0.490 e. The third-order valence-electron chi connectivity index (χ3n) is 6.00. The van der Waals surface area contributed by atoms with Gasteiger partial charge >= 0.3 is 5.97 Å². The molecular weight excluding hydrogens is 448 g/mol. The lowest BCUT2D eigenvalue weighted by molar-refractivity contribution is -0.148. The summed E-state index contributed by atoms with van der Waals surface area (Å²) < 4.78 is 39.8. The van der Waals surface area contributed by atoms with Gasteiger partial charge in [-0.25, -0.2) is 8.42 Å². The third-order valence-corrected chi connectivity index (χ3v) is 7.39. The number of sulfonamides is 1. The molecule has 0 aromatic heterocycles. The first-order valence-corrected chi connectivity index (χ1v) is 12.1. The molecule has 2 aliphatic heterocycles. The number of rotatable bonds is 5. The highest BCUT2D eigenvalue weighted by Crippen LogP contribution is 2.33. The van der Waals surface area contributed by atoms with Crippen LogP contribution in [0.5, 0.6) is 5.75 Å². The van der Waals surface area contributed by atoms with Crippen molar-refractivity contribution in [1.82, 2.24) is 4.90 Å². The Morgan fingerprint density at radius 3 is 2.61 bits per heavy atom. The molecule has 2 aromatic carbocycles. The van der Waals surface area contributed by atoms with E-state index in [4.69, 9.17) is 14.6 Å². The third kappa shape index (κ3) is 4.96. The van der Waals surface area contributed by atoms with Crippen molar-refractivity contribution in [1.29, 1.82) is 0 Å². The summed E-state index contributed by atoms with van der Waals surface area (Å²) in [7, 11) is -2.16. The number of fused-ring (bicyclic) bond motifs is 2. The second kappa shape index (κ2) is 9.03. The zero-order chi connectivity index (χ0) is 23.8. The van der Waals surface area contributed by atoms with Gasteiger partial charge < -0.3 is 19.5 Å². The Morgan fingerprint density at radius 2 is 1.91 bits per heavy atom. The van der Waals surface area contributed by atoms with Crippen LogP contribution in [0.4, 0.5) is 5.69 Å².